The maximum Gasteiger partial charge on any atom is 0.235 e. The van der Waals surface area contributed by atoms with Gasteiger partial charge in [-0.25, -0.2) is 0 Å². The molecule has 0 amide bonds. The molecular formula is C13H28N2OSi. The monoisotopic (exact) mass is 256 g/mol. The molecular weight excluding hydrogens is 228 g/mol. The molecule has 0 saturated heterocycles. The van der Waals surface area contributed by atoms with Gasteiger partial charge in [0.1, 0.15) is 0 Å². The molecule has 0 unspecified atom stereocenters. The minimum atomic E-state index is -0.441. The fraction of sp³-hybridized carbons (Fsp3) is 1.00. The van der Waals surface area contributed by atoms with Crippen LogP contribution in [-0.2, 0) is 4.43 Å². The Labute approximate surface area is 108 Å². The van der Waals surface area contributed by atoms with Crippen molar-refractivity contribution < 1.29 is 4.43 Å². The Morgan fingerprint density at radius 1 is 1.06 bits per heavy atom. The molecule has 2 aliphatic carbocycles. The van der Waals surface area contributed by atoms with Gasteiger partial charge in [-0.05, 0) is 25.7 Å². The van der Waals surface area contributed by atoms with Gasteiger partial charge < -0.3 is 9.41 Å². The van der Waals surface area contributed by atoms with Crippen LogP contribution >= 0.6 is 0 Å². The molecule has 3 nitrogen and oxygen atoms in total. The molecule has 4 heteroatoms. The van der Waals surface area contributed by atoms with Gasteiger partial charge in [-0.3, -0.25) is 4.90 Å². The van der Waals surface area contributed by atoms with Gasteiger partial charge in [0.2, 0.25) is 9.92 Å². The predicted molar refractivity (Wildman–Crippen MR) is 74.8 cm³/mol. The van der Waals surface area contributed by atoms with Crippen molar-refractivity contribution in [3.63, 3.8) is 0 Å². The van der Waals surface area contributed by atoms with E-state index in [1.165, 1.54) is 57.9 Å². The normalized spacial score (nSPS) is 23.6. The SMILES string of the molecule is CO[SiH2]NCCN(C1CCCC1)C1CCCC1. The van der Waals surface area contributed by atoms with Crippen molar-refractivity contribution in [2.24, 2.45) is 0 Å². The highest BCUT2D eigenvalue weighted by molar-refractivity contribution is 6.23. The zero-order chi connectivity index (χ0) is 11.9. The summed E-state index contributed by atoms with van der Waals surface area (Å²) in [6, 6.07) is 1.79. The molecule has 0 aromatic carbocycles. The maximum absolute atomic E-state index is 5.18. The smallest absolute Gasteiger partial charge is 0.235 e. The number of rotatable bonds is 7. The van der Waals surface area contributed by atoms with E-state index in [1.54, 1.807) is 0 Å². The first-order chi connectivity index (χ1) is 8.42. The summed E-state index contributed by atoms with van der Waals surface area (Å²) in [5.41, 5.74) is 0. The van der Waals surface area contributed by atoms with Crippen LogP contribution in [0.5, 0.6) is 0 Å². The van der Waals surface area contributed by atoms with E-state index in [4.69, 9.17) is 4.43 Å². The van der Waals surface area contributed by atoms with Crippen LogP contribution in [0.25, 0.3) is 0 Å². The van der Waals surface area contributed by atoms with Crippen molar-refractivity contribution in [1.29, 1.82) is 0 Å². The lowest BCUT2D eigenvalue weighted by atomic mass is 10.1. The Balaban J connectivity index is 1.78. The van der Waals surface area contributed by atoms with Gasteiger partial charge in [0.15, 0.2) is 0 Å². The third kappa shape index (κ3) is 4.05. The van der Waals surface area contributed by atoms with E-state index in [0.29, 0.717) is 0 Å². The number of nitrogens with one attached hydrogen (secondary N) is 1. The molecule has 0 spiro atoms. The highest BCUT2D eigenvalue weighted by Crippen LogP contribution is 2.31. The molecule has 2 fully saturated rings. The zero-order valence-corrected chi connectivity index (χ0v) is 12.7. The van der Waals surface area contributed by atoms with Gasteiger partial charge in [-0.2, -0.15) is 0 Å². The van der Waals surface area contributed by atoms with Gasteiger partial charge in [-0.15, -0.1) is 0 Å². The molecule has 0 aromatic rings. The highest BCUT2D eigenvalue weighted by atomic mass is 28.2. The van der Waals surface area contributed by atoms with Crippen LogP contribution in [0.3, 0.4) is 0 Å². The van der Waals surface area contributed by atoms with Gasteiger partial charge in [0.05, 0.1) is 0 Å². The van der Waals surface area contributed by atoms with Crippen LogP contribution in [0, 0.1) is 0 Å². The van der Waals surface area contributed by atoms with E-state index in [1.807, 2.05) is 7.11 Å². The van der Waals surface area contributed by atoms with E-state index < -0.39 is 9.92 Å². The molecule has 0 heterocycles. The molecule has 2 aliphatic rings. The average Bonchev–Trinajstić information content (AvgIpc) is 3.02. The fourth-order valence-electron chi connectivity index (χ4n) is 3.52. The van der Waals surface area contributed by atoms with E-state index in [0.717, 1.165) is 18.6 Å². The summed E-state index contributed by atoms with van der Waals surface area (Å²) in [7, 11) is 1.37. The van der Waals surface area contributed by atoms with Crippen LogP contribution in [0.1, 0.15) is 51.4 Å². The Hall–Kier alpha value is 0.0969. The summed E-state index contributed by atoms with van der Waals surface area (Å²) in [5.74, 6) is 0. The van der Waals surface area contributed by atoms with E-state index in [9.17, 15) is 0 Å². The van der Waals surface area contributed by atoms with Crippen LogP contribution < -0.4 is 4.98 Å². The minimum absolute atomic E-state index is 0.441. The summed E-state index contributed by atoms with van der Waals surface area (Å²) in [6.07, 6.45) is 11.6. The van der Waals surface area contributed by atoms with Crippen LogP contribution in [-0.4, -0.2) is 47.1 Å². The first-order valence-electron chi connectivity index (χ1n) is 7.37. The lowest BCUT2D eigenvalue weighted by Gasteiger charge is -2.34. The molecule has 2 rings (SSSR count). The van der Waals surface area contributed by atoms with E-state index in [-0.39, 0.29) is 0 Å². The fourth-order valence-corrected chi connectivity index (χ4v) is 4.02. The summed E-state index contributed by atoms with van der Waals surface area (Å²) in [4.78, 5) is 6.32. The van der Waals surface area contributed by atoms with E-state index >= 15 is 0 Å². The third-order valence-electron chi connectivity index (χ3n) is 4.38. The van der Waals surface area contributed by atoms with Crippen LogP contribution in [0.2, 0.25) is 0 Å². The second-order valence-corrected chi connectivity index (χ2v) is 6.91. The third-order valence-corrected chi connectivity index (χ3v) is 5.23. The zero-order valence-electron chi connectivity index (χ0n) is 11.3. The highest BCUT2D eigenvalue weighted by Gasteiger charge is 2.29. The van der Waals surface area contributed by atoms with Crippen molar-refractivity contribution in [2.45, 2.75) is 63.5 Å². The lowest BCUT2D eigenvalue weighted by Crippen LogP contribution is -2.44. The van der Waals surface area contributed by atoms with Gasteiger partial charge >= 0.3 is 0 Å². The molecule has 0 bridgehead atoms. The summed E-state index contributed by atoms with van der Waals surface area (Å²) < 4.78 is 5.18. The second kappa shape index (κ2) is 7.51. The van der Waals surface area contributed by atoms with Gasteiger partial charge in [-0.1, -0.05) is 25.7 Å². The minimum Gasteiger partial charge on any atom is -0.412 e. The molecule has 2 saturated carbocycles. The van der Waals surface area contributed by atoms with Crippen molar-refractivity contribution in [2.75, 3.05) is 20.2 Å². The van der Waals surface area contributed by atoms with Gasteiger partial charge in [0, 0.05) is 32.3 Å². The molecule has 0 radical (unpaired) electrons. The molecule has 17 heavy (non-hydrogen) atoms. The van der Waals surface area contributed by atoms with Crippen molar-refractivity contribution in [3.8, 4) is 0 Å². The van der Waals surface area contributed by atoms with Crippen molar-refractivity contribution in [3.05, 3.63) is 0 Å². The van der Waals surface area contributed by atoms with Crippen molar-refractivity contribution in [1.82, 2.24) is 9.88 Å². The van der Waals surface area contributed by atoms with Gasteiger partial charge in [0.25, 0.3) is 0 Å². The Morgan fingerprint density at radius 3 is 2.06 bits per heavy atom. The van der Waals surface area contributed by atoms with Crippen LogP contribution in [0.4, 0.5) is 0 Å². The topological polar surface area (TPSA) is 24.5 Å². The maximum atomic E-state index is 5.18. The Bertz CT molecular complexity index is 188. The Kier molecular flexibility index (Phi) is 5.98. The Morgan fingerprint density at radius 2 is 1.59 bits per heavy atom. The van der Waals surface area contributed by atoms with E-state index in [2.05, 4.69) is 9.88 Å². The summed E-state index contributed by atoms with van der Waals surface area (Å²) in [6.45, 7) is 2.37. The van der Waals surface area contributed by atoms with Crippen LogP contribution in [0.15, 0.2) is 0 Å². The average molecular weight is 256 g/mol. The number of nitrogens with zero attached hydrogens (tertiary/aromatic N) is 1. The van der Waals surface area contributed by atoms with Crippen molar-refractivity contribution >= 4 is 9.92 Å². The predicted octanol–water partition coefficient (Wildman–Crippen LogP) is 1.41. The standard InChI is InChI=1S/C13H28N2OSi/c1-16-17-14-10-11-15(12-6-2-3-7-12)13-8-4-5-9-13/h12-14H,2-11,17H2,1H3. The first kappa shape index (κ1) is 13.5. The summed E-state index contributed by atoms with van der Waals surface area (Å²) >= 11 is 0. The largest absolute Gasteiger partial charge is 0.412 e. The molecule has 1 N–H and O–H groups in total. The molecule has 0 atom stereocenters. The number of hydrogen-bond acceptors (Lipinski definition) is 3. The first-order valence-corrected chi connectivity index (χ1v) is 8.65. The molecule has 0 aromatic heterocycles. The molecule has 100 valence electrons. The summed E-state index contributed by atoms with van der Waals surface area (Å²) in [5, 5.41) is 0. The quantitative estimate of drug-likeness (QED) is 0.550. The number of hydrogen-bond donors (Lipinski definition) is 1. The second-order valence-electron chi connectivity index (χ2n) is 5.55. The lowest BCUT2D eigenvalue weighted by molar-refractivity contribution is 0.140. The molecule has 0 aliphatic heterocycles.